The van der Waals surface area contributed by atoms with Gasteiger partial charge in [0.1, 0.15) is 5.82 Å². The van der Waals surface area contributed by atoms with Crippen molar-refractivity contribution in [2.24, 2.45) is 0 Å². The Morgan fingerprint density at radius 2 is 2.06 bits per heavy atom. The van der Waals surface area contributed by atoms with Gasteiger partial charge in [0.15, 0.2) is 0 Å². The van der Waals surface area contributed by atoms with Crippen molar-refractivity contribution in [2.45, 2.75) is 19.5 Å². The summed E-state index contributed by atoms with van der Waals surface area (Å²) < 4.78 is 15.6. The van der Waals surface area contributed by atoms with Crippen LogP contribution in [0.5, 0.6) is 0 Å². The molecule has 2 aromatic rings. The monoisotopic (exact) mass is 391 g/mol. The maximum Gasteiger partial charge on any atom is 0.129 e. The Labute approximate surface area is 127 Å². The van der Waals surface area contributed by atoms with Crippen LogP contribution in [0.15, 0.2) is 38.6 Å². The van der Waals surface area contributed by atoms with Crippen LogP contribution in [0.2, 0.25) is 0 Å². The van der Waals surface area contributed by atoms with Gasteiger partial charge < -0.3 is 5.32 Å². The molecule has 0 aliphatic heterocycles. The fourth-order valence-electron chi connectivity index (χ4n) is 1.66. The molecule has 1 aromatic carbocycles. The summed E-state index contributed by atoms with van der Waals surface area (Å²) in [4.78, 5) is 1.23. The predicted molar refractivity (Wildman–Crippen MR) is 81.4 cm³/mol. The van der Waals surface area contributed by atoms with E-state index in [0.29, 0.717) is 5.56 Å². The van der Waals surface area contributed by atoms with E-state index < -0.39 is 0 Å². The number of hydrogen-bond donors (Lipinski definition) is 1. The zero-order valence-corrected chi connectivity index (χ0v) is 13.7. The molecule has 2 rings (SSSR count). The van der Waals surface area contributed by atoms with Crippen molar-refractivity contribution < 1.29 is 4.39 Å². The fraction of sp³-hybridized carbons (Fsp3) is 0.231. The fourth-order valence-corrected chi connectivity index (χ4v) is 3.40. The Bertz CT molecular complexity index is 542. The zero-order valence-electron chi connectivity index (χ0n) is 9.71. The summed E-state index contributed by atoms with van der Waals surface area (Å²) in [7, 11) is 0. The van der Waals surface area contributed by atoms with E-state index in [9.17, 15) is 4.39 Å². The van der Waals surface area contributed by atoms with Crippen molar-refractivity contribution in [3.05, 3.63) is 54.8 Å². The Morgan fingerprint density at radius 1 is 1.28 bits per heavy atom. The van der Waals surface area contributed by atoms with E-state index in [1.807, 2.05) is 18.4 Å². The first-order chi connectivity index (χ1) is 8.56. The molecule has 1 atom stereocenters. The molecule has 0 spiro atoms. The summed E-state index contributed by atoms with van der Waals surface area (Å²) in [6.45, 7) is 2.71. The van der Waals surface area contributed by atoms with Gasteiger partial charge >= 0.3 is 0 Å². The Morgan fingerprint density at radius 3 is 2.67 bits per heavy atom. The highest BCUT2D eigenvalue weighted by Crippen LogP contribution is 2.23. The second-order valence-electron chi connectivity index (χ2n) is 4.00. The van der Waals surface area contributed by atoms with Gasteiger partial charge in [-0.05, 0) is 41.1 Å². The standard InChI is InChI=1S/C13H12Br2FNS/c1-8(12-3-2-9(14)5-13(12)16)17-6-11-4-10(15)7-18-11/h2-5,7-8,17H,6H2,1H3. The summed E-state index contributed by atoms with van der Waals surface area (Å²) in [6, 6.07) is 7.22. The molecule has 0 bridgehead atoms. The molecular weight excluding hydrogens is 381 g/mol. The lowest BCUT2D eigenvalue weighted by molar-refractivity contribution is 0.530. The van der Waals surface area contributed by atoms with Crippen molar-refractivity contribution >= 4 is 43.2 Å². The molecule has 5 heteroatoms. The number of hydrogen-bond acceptors (Lipinski definition) is 2. The van der Waals surface area contributed by atoms with Crippen LogP contribution in [0, 0.1) is 5.82 Å². The summed E-state index contributed by atoms with van der Waals surface area (Å²) >= 11 is 8.36. The van der Waals surface area contributed by atoms with E-state index >= 15 is 0 Å². The van der Waals surface area contributed by atoms with Gasteiger partial charge in [-0.1, -0.05) is 22.0 Å². The highest BCUT2D eigenvalue weighted by atomic mass is 79.9. The molecular formula is C13H12Br2FNS. The molecule has 0 radical (unpaired) electrons. The third kappa shape index (κ3) is 3.63. The lowest BCUT2D eigenvalue weighted by Crippen LogP contribution is -2.18. The van der Waals surface area contributed by atoms with Gasteiger partial charge in [-0.3, -0.25) is 0 Å². The molecule has 0 saturated carbocycles. The second kappa shape index (κ2) is 6.28. The minimum Gasteiger partial charge on any atom is -0.305 e. The van der Waals surface area contributed by atoms with Crippen LogP contribution < -0.4 is 5.32 Å². The van der Waals surface area contributed by atoms with Gasteiger partial charge in [0.2, 0.25) is 0 Å². The van der Waals surface area contributed by atoms with Crippen LogP contribution in [-0.4, -0.2) is 0 Å². The lowest BCUT2D eigenvalue weighted by atomic mass is 10.1. The van der Waals surface area contributed by atoms with Gasteiger partial charge in [-0.15, -0.1) is 11.3 Å². The molecule has 1 aromatic heterocycles. The SMILES string of the molecule is CC(NCc1cc(Br)cs1)c1ccc(Br)cc1F. The minimum absolute atomic E-state index is 0.0148. The van der Waals surface area contributed by atoms with Crippen molar-refractivity contribution in [2.75, 3.05) is 0 Å². The van der Waals surface area contributed by atoms with Crippen LogP contribution >= 0.6 is 43.2 Å². The molecule has 1 heterocycles. The van der Waals surface area contributed by atoms with Gasteiger partial charge in [0.25, 0.3) is 0 Å². The Hall–Kier alpha value is -0.230. The maximum atomic E-state index is 13.8. The summed E-state index contributed by atoms with van der Waals surface area (Å²) in [6.07, 6.45) is 0. The van der Waals surface area contributed by atoms with Crippen molar-refractivity contribution in [3.63, 3.8) is 0 Å². The second-order valence-corrected chi connectivity index (χ2v) is 6.83. The molecule has 18 heavy (non-hydrogen) atoms. The molecule has 1 N–H and O–H groups in total. The topological polar surface area (TPSA) is 12.0 Å². The quantitative estimate of drug-likeness (QED) is 0.747. The normalized spacial score (nSPS) is 12.7. The molecule has 1 nitrogen and oxygen atoms in total. The maximum absolute atomic E-state index is 13.8. The van der Waals surface area contributed by atoms with Crippen LogP contribution in [0.1, 0.15) is 23.4 Å². The molecule has 1 unspecified atom stereocenters. The van der Waals surface area contributed by atoms with Gasteiger partial charge in [-0.2, -0.15) is 0 Å². The van der Waals surface area contributed by atoms with E-state index in [0.717, 1.165) is 15.5 Å². The van der Waals surface area contributed by atoms with E-state index in [4.69, 9.17) is 0 Å². The Kier molecular flexibility index (Phi) is 4.95. The lowest BCUT2D eigenvalue weighted by Gasteiger charge is -2.14. The van der Waals surface area contributed by atoms with E-state index in [2.05, 4.69) is 43.2 Å². The average molecular weight is 393 g/mol. The number of halogens is 3. The van der Waals surface area contributed by atoms with E-state index in [1.54, 1.807) is 17.4 Å². The highest BCUT2D eigenvalue weighted by molar-refractivity contribution is 9.10. The van der Waals surface area contributed by atoms with Gasteiger partial charge in [0.05, 0.1) is 0 Å². The van der Waals surface area contributed by atoms with Crippen LogP contribution in [-0.2, 0) is 6.54 Å². The van der Waals surface area contributed by atoms with Crippen molar-refractivity contribution in [3.8, 4) is 0 Å². The van der Waals surface area contributed by atoms with Crippen LogP contribution in [0.3, 0.4) is 0 Å². The summed E-state index contributed by atoms with van der Waals surface area (Å²) in [5, 5.41) is 5.37. The number of nitrogens with one attached hydrogen (secondary N) is 1. The van der Waals surface area contributed by atoms with E-state index in [1.165, 1.54) is 10.9 Å². The summed E-state index contributed by atoms with van der Waals surface area (Å²) in [5.74, 6) is -0.184. The highest BCUT2D eigenvalue weighted by Gasteiger charge is 2.11. The molecule has 0 saturated heterocycles. The van der Waals surface area contributed by atoms with Gasteiger partial charge in [0, 0.05) is 37.4 Å². The molecule has 0 fully saturated rings. The van der Waals surface area contributed by atoms with Crippen LogP contribution in [0.25, 0.3) is 0 Å². The first-order valence-electron chi connectivity index (χ1n) is 5.47. The molecule has 0 amide bonds. The first kappa shape index (κ1) is 14.2. The zero-order chi connectivity index (χ0) is 13.1. The largest absolute Gasteiger partial charge is 0.305 e. The number of benzene rings is 1. The average Bonchev–Trinajstić information content (AvgIpc) is 2.72. The number of rotatable bonds is 4. The predicted octanol–water partition coefficient (Wildman–Crippen LogP) is 5.26. The first-order valence-corrected chi connectivity index (χ1v) is 7.94. The van der Waals surface area contributed by atoms with Crippen LogP contribution in [0.4, 0.5) is 4.39 Å². The van der Waals surface area contributed by atoms with Crippen molar-refractivity contribution in [1.29, 1.82) is 0 Å². The number of thiophene rings is 1. The third-order valence-electron chi connectivity index (χ3n) is 2.63. The minimum atomic E-state index is -0.184. The smallest absolute Gasteiger partial charge is 0.129 e. The van der Waals surface area contributed by atoms with Crippen molar-refractivity contribution in [1.82, 2.24) is 5.32 Å². The molecule has 0 aliphatic carbocycles. The third-order valence-corrected chi connectivity index (χ3v) is 4.82. The molecule has 96 valence electrons. The Balaban J connectivity index is 2.01. The van der Waals surface area contributed by atoms with E-state index in [-0.39, 0.29) is 11.9 Å². The molecule has 0 aliphatic rings. The van der Waals surface area contributed by atoms with Gasteiger partial charge in [-0.25, -0.2) is 4.39 Å². The summed E-state index contributed by atoms with van der Waals surface area (Å²) in [5.41, 5.74) is 0.689.